The molecule has 1 N–H and O–H groups in total. The van der Waals surface area contributed by atoms with Crippen LogP contribution >= 0.6 is 0 Å². The van der Waals surface area contributed by atoms with E-state index in [2.05, 4.69) is 13.8 Å². The van der Waals surface area contributed by atoms with Gasteiger partial charge in [0.1, 0.15) is 5.76 Å². The summed E-state index contributed by atoms with van der Waals surface area (Å²) in [6.07, 6.45) is 1.96. The molecule has 0 aliphatic carbocycles. The first-order valence-corrected chi connectivity index (χ1v) is 6.15. The van der Waals surface area contributed by atoms with E-state index in [0.29, 0.717) is 0 Å². The van der Waals surface area contributed by atoms with Gasteiger partial charge in [0.05, 0.1) is 23.6 Å². The molecule has 0 saturated carbocycles. The van der Waals surface area contributed by atoms with E-state index in [4.69, 9.17) is 9.15 Å². The lowest BCUT2D eigenvalue weighted by molar-refractivity contribution is -0.0881. The van der Waals surface area contributed by atoms with Crippen molar-refractivity contribution in [3.63, 3.8) is 0 Å². The number of ether oxygens (including phenoxy) is 1. The van der Waals surface area contributed by atoms with Crippen molar-refractivity contribution < 1.29 is 14.3 Å². The van der Waals surface area contributed by atoms with Crippen molar-refractivity contribution in [3.8, 4) is 0 Å². The van der Waals surface area contributed by atoms with E-state index >= 15 is 0 Å². The third-order valence-electron chi connectivity index (χ3n) is 3.74. The second-order valence-corrected chi connectivity index (χ2v) is 6.15. The lowest BCUT2D eigenvalue weighted by atomic mass is 9.80. The van der Waals surface area contributed by atoms with E-state index < -0.39 is 6.10 Å². The average molecular weight is 238 g/mol. The molecule has 1 aliphatic rings. The number of aliphatic hydroxyl groups excluding tert-OH is 1. The summed E-state index contributed by atoms with van der Waals surface area (Å²) >= 11 is 0. The largest absolute Gasteiger partial charge is 0.469 e. The third-order valence-corrected chi connectivity index (χ3v) is 3.74. The molecule has 1 aromatic heterocycles. The van der Waals surface area contributed by atoms with Gasteiger partial charge in [0.2, 0.25) is 0 Å². The molecule has 2 unspecified atom stereocenters. The van der Waals surface area contributed by atoms with Crippen LogP contribution in [0.3, 0.4) is 0 Å². The van der Waals surface area contributed by atoms with Crippen LogP contribution in [0.15, 0.2) is 16.7 Å². The molecule has 1 aliphatic heterocycles. The lowest BCUT2D eigenvalue weighted by Crippen LogP contribution is -2.32. The number of rotatable bonds is 2. The van der Waals surface area contributed by atoms with E-state index in [1.807, 2.05) is 26.8 Å². The number of hydrogen-bond acceptors (Lipinski definition) is 3. The molecule has 3 nitrogen and oxygen atoms in total. The molecule has 2 heterocycles. The summed E-state index contributed by atoms with van der Waals surface area (Å²) in [6, 6.07) is 1.85. The summed E-state index contributed by atoms with van der Waals surface area (Å²) in [7, 11) is 0. The summed E-state index contributed by atoms with van der Waals surface area (Å²) in [4.78, 5) is 0. The molecule has 0 spiro atoms. The van der Waals surface area contributed by atoms with Crippen molar-refractivity contribution in [2.45, 2.75) is 58.3 Å². The lowest BCUT2D eigenvalue weighted by Gasteiger charge is -2.30. The van der Waals surface area contributed by atoms with E-state index in [-0.39, 0.29) is 17.1 Å². The van der Waals surface area contributed by atoms with Gasteiger partial charge in [-0.2, -0.15) is 0 Å². The third kappa shape index (κ3) is 2.26. The molecular formula is C14H22O3. The van der Waals surface area contributed by atoms with Crippen molar-refractivity contribution in [1.29, 1.82) is 0 Å². The molecule has 1 fully saturated rings. The Hall–Kier alpha value is -0.800. The number of aliphatic hydroxyl groups is 1. The molecular weight excluding hydrogens is 216 g/mol. The minimum atomic E-state index is -0.523. The molecule has 0 bridgehead atoms. The van der Waals surface area contributed by atoms with Gasteiger partial charge in [0.25, 0.3) is 0 Å². The van der Waals surface area contributed by atoms with Gasteiger partial charge in [0, 0.05) is 11.5 Å². The highest BCUT2D eigenvalue weighted by atomic mass is 16.5. The maximum Gasteiger partial charge on any atom is 0.106 e. The minimum Gasteiger partial charge on any atom is -0.469 e. The van der Waals surface area contributed by atoms with Crippen LogP contribution in [0.25, 0.3) is 0 Å². The smallest absolute Gasteiger partial charge is 0.106 e. The van der Waals surface area contributed by atoms with E-state index in [0.717, 1.165) is 17.7 Å². The number of furan rings is 1. The number of aryl methyl sites for hydroxylation is 1. The Morgan fingerprint density at radius 1 is 1.35 bits per heavy atom. The first-order valence-electron chi connectivity index (χ1n) is 6.15. The summed E-state index contributed by atoms with van der Waals surface area (Å²) in [5, 5.41) is 10.5. The van der Waals surface area contributed by atoms with Crippen LogP contribution in [0.2, 0.25) is 0 Å². The Morgan fingerprint density at radius 2 is 2.00 bits per heavy atom. The van der Waals surface area contributed by atoms with Crippen molar-refractivity contribution in [1.82, 2.24) is 0 Å². The standard InChI is InChI=1S/C14H22O3/c1-9-10(6-7-16-9)12(15)11-8-13(2,3)17-14(11,4)5/h6-7,11-12,15H,8H2,1-5H3. The molecule has 0 aromatic carbocycles. The monoisotopic (exact) mass is 238 g/mol. The summed E-state index contributed by atoms with van der Waals surface area (Å²) in [5.41, 5.74) is 0.392. The maximum atomic E-state index is 10.5. The predicted molar refractivity (Wildman–Crippen MR) is 65.8 cm³/mol. The highest BCUT2D eigenvalue weighted by Crippen LogP contribution is 2.48. The minimum absolute atomic E-state index is 0.0915. The summed E-state index contributed by atoms with van der Waals surface area (Å²) in [5.74, 6) is 0.881. The molecule has 1 saturated heterocycles. The van der Waals surface area contributed by atoms with Gasteiger partial charge < -0.3 is 14.3 Å². The number of hydrogen-bond donors (Lipinski definition) is 1. The fourth-order valence-corrected chi connectivity index (χ4v) is 3.02. The Labute approximate surface area is 103 Å². The van der Waals surface area contributed by atoms with Gasteiger partial charge in [-0.1, -0.05) is 0 Å². The Kier molecular flexibility index (Phi) is 2.87. The molecule has 96 valence electrons. The molecule has 17 heavy (non-hydrogen) atoms. The van der Waals surface area contributed by atoms with Crippen LogP contribution in [0.4, 0.5) is 0 Å². The quantitative estimate of drug-likeness (QED) is 0.860. The first kappa shape index (κ1) is 12.7. The Morgan fingerprint density at radius 3 is 2.41 bits per heavy atom. The highest BCUT2D eigenvalue weighted by molar-refractivity contribution is 5.21. The summed E-state index contributed by atoms with van der Waals surface area (Å²) in [6.45, 7) is 10.1. The van der Waals surface area contributed by atoms with Crippen LogP contribution in [0.1, 0.15) is 51.5 Å². The molecule has 3 heteroatoms. The molecule has 1 aromatic rings. The van der Waals surface area contributed by atoms with E-state index in [9.17, 15) is 5.11 Å². The topological polar surface area (TPSA) is 42.6 Å². The zero-order chi connectivity index (χ0) is 12.8. The molecule has 2 atom stereocenters. The Bertz CT molecular complexity index is 403. The van der Waals surface area contributed by atoms with E-state index in [1.165, 1.54) is 0 Å². The summed E-state index contributed by atoms with van der Waals surface area (Å²) < 4.78 is 11.3. The van der Waals surface area contributed by atoms with Crippen molar-refractivity contribution >= 4 is 0 Å². The van der Waals surface area contributed by atoms with Crippen molar-refractivity contribution in [3.05, 3.63) is 23.7 Å². The Balaban J connectivity index is 2.26. The van der Waals surface area contributed by atoms with Crippen LogP contribution in [0.5, 0.6) is 0 Å². The maximum absolute atomic E-state index is 10.5. The fourth-order valence-electron chi connectivity index (χ4n) is 3.02. The van der Waals surface area contributed by atoms with Crippen LogP contribution in [-0.4, -0.2) is 16.3 Å². The second kappa shape index (κ2) is 3.85. The van der Waals surface area contributed by atoms with E-state index in [1.54, 1.807) is 6.26 Å². The molecule has 2 rings (SSSR count). The van der Waals surface area contributed by atoms with Gasteiger partial charge in [-0.05, 0) is 47.1 Å². The van der Waals surface area contributed by atoms with Gasteiger partial charge >= 0.3 is 0 Å². The fraction of sp³-hybridized carbons (Fsp3) is 0.714. The predicted octanol–water partition coefficient (Wildman–Crippen LogP) is 3.22. The van der Waals surface area contributed by atoms with Crippen LogP contribution in [-0.2, 0) is 4.74 Å². The van der Waals surface area contributed by atoms with Crippen LogP contribution in [0, 0.1) is 12.8 Å². The normalized spacial score (nSPS) is 28.2. The zero-order valence-electron chi connectivity index (χ0n) is 11.3. The zero-order valence-corrected chi connectivity index (χ0v) is 11.3. The van der Waals surface area contributed by atoms with Gasteiger partial charge in [-0.25, -0.2) is 0 Å². The SMILES string of the molecule is Cc1occc1C(O)C1CC(C)(C)OC1(C)C. The van der Waals surface area contributed by atoms with Gasteiger partial charge in [0.15, 0.2) is 0 Å². The van der Waals surface area contributed by atoms with Crippen molar-refractivity contribution in [2.75, 3.05) is 0 Å². The second-order valence-electron chi connectivity index (χ2n) is 6.15. The molecule has 0 radical (unpaired) electrons. The first-order chi connectivity index (χ1) is 7.73. The molecule has 0 amide bonds. The highest BCUT2D eigenvalue weighted by Gasteiger charge is 2.49. The van der Waals surface area contributed by atoms with Crippen molar-refractivity contribution in [2.24, 2.45) is 5.92 Å². The van der Waals surface area contributed by atoms with Crippen LogP contribution < -0.4 is 0 Å². The van der Waals surface area contributed by atoms with Gasteiger partial charge in [-0.15, -0.1) is 0 Å². The van der Waals surface area contributed by atoms with Gasteiger partial charge in [-0.3, -0.25) is 0 Å². The average Bonchev–Trinajstić information content (AvgIpc) is 2.66.